The number of oxazole rings is 1. The number of hydrogen-bond donors (Lipinski definition) is 3. The Morgan fingerprint density at radius 3 is 2.62 bits per heavy atom. The maximum absolute atomic E-state index is 6.20. The molecule has 0 aliphatic carbocycles. The van der Waals surface area contributed by atoms with Crippen molar-refractivity contribution in [2.45, 2.75) is 12.5 Å². The Hall–Kier alpha value is -2.58. The van der Waals surface area contributed by atoms with Crippen molar-refractivity contribution in [1.29, 1.82) is 0 Å². The molecule has 126 valence electrons. The van der Waals surface area contributed by atoms with Gasteiger partial charge in [0.1, 0.15) is 12.0 Å². The smallest absolute Gasteiger partial charge is 0.292 e. The van der Waals surface area contributed by atoms with Crippen molar-refractivity contribution >= 4 is 28.8 Å². The van der Waals surface area contributed by atoms with Gasteiger partial charge < -0.3 is 26.4 Å². The third kappa shape index (κ3) is 2.49. The summed E-state index contributed by atoms with van der Waals surface area (Å²) < 4.78 is 10.6. The molecule has 1 atom stereocenters. The molecule has 4 rings (SSSR count). The molecule has 0 radical (unpaired) electrons. The third-order valence-electron chi connectivity index (χ3n) is 4.58. The van der Waals surface area contributed by atoms with E-state index >= 15 is 0 Å². The molecule has 0 amide bonds. The molecule has 3 heterocycles. The number of nitrogens with two attached hydrogens (primary N) is 3. The molecule has 6 N–H and O–H groups in total. The third-order valence-corrected chi connectivity index (χ3v) is 4.58. The summed E-state index contributed by atoms with van der Waals surface area (Å²) in [6.45, 7) is 3.17. The number of morpholine rings is 1. The molecule has 24 heavy (non-hydrogen) atoms. The van der Waals surface area contributed by atoms with Crippen LogP contribution in [0.25, 0.3) is 0 Å². The molecule has 2 aromatic rings. The lowest BCUT2D eigenvalue weighted by Crippen LogP contribution is -2.40. The molecule has 8 nitrogen and oxygen atoms in total. The first-order chi connectivity index (χ1) is 11.6. The lowest BCUT2D eigenvalue weighted by molar-refractivity contribution is 0.0174. The minimum atomic E-state index is 0.127. The van der Waals surface area contributed by atoms with Crippen LogP contribution in [0.1, 0.15) is 23.7 Å². The summed E-state index contributed by atoms with van der Waals surface area (Å²) in [5.74, 6) is 0. The van der Waals surface area contributed by atoms with Gasteiger partial charge >= 0.3 is 0 Å². The SMILES string of the molecule is Nc1nc(C2=Nc3c(ccc(N)c3N)C(N3CCOCC3)C2)co1. The molecular formula is C16H20N6O2. The first-order valence-corrected chi connectivity index (χ1v) is 7.92. The Morgan fingerprint density at radius 2 is 1.92 bits per heavy atom. The molecule has 8 heteroatoms. The number of aliphatic imine (C=N–C) groups is 1. The van der Waals surface area contributed by atoms with Crippen molar-refractivity contribution in [2.75, 3.05) is 43.5 Å². The second-order valence-electron chi connectivity index (χ2n) is 6.00. The minimum absolute atomic E-state index is 0.127. The van der Waals surface area contributed by atoms with E-state index < -0.39 is 0 Å². The molecule has 1 fully saturated rings. The summed E-state index contributed by atoms with van der Waals surface area (Å²) in [6, 6.07) is 4.13. The molecule has 1 aromatic heterocycles. The fraction of sp³-hybridized carbons (Fsp3) is 0.375. The monoisotopic (exact) mass is 328 g/mol. The molecule has 0 spiro atoms. The predicted octanol–water partition coefficient (Wildman–Crippen LogP) is 1.32. The van der Waals surface area contributed by atoms with Gasteiger partial charge in [-0.05, 0) is 11.6 Å². The molecule has 1 saturated heterocycles. The number of anilines is 3. The van der Waals surface area contributed by atoms with Crippen molar-refractivity contribution < 1.29 is 9.15 Å². The van der Waals surface area contributed by atoms with E-state index in [2.05, 4.69) is 9.88 Å². The van der Waals surface area contributed by atoms with Crippen molar-refractivity contribution in [3.63, 3.8) is 0 Å². The number of hydrogen-bond acceptors (Lipinski definition) is 8. The molecule has 1 aromatic carbocycles. The van der Waals surface area contributed by atoms with Gasteiger partial charge in [-0.15, -0.1) is 0 Å². The number of ether oxygens (including phenoxy) is 1. The van der Waals surface area contributed by atoms with Crippen LogP contribution in [0.4, 0.5) is 23.1 Å². The van der Waals surface area contributed by atoms with Gasteiger partial charge in [0.25, 0.3) is 6.01 Å². The van der Waals surface area contributed by atoms with Crippen LogP contribution in [0.5, 0.6) is 0 Å². The van der Waals surface area contributed by atoms with Crippen LogP contribution in [-0.2, 0) is 4.74 Å². The second kappa shape index (κ2) is 5.81. The summed E-state index contributed by atoms with van der Waals surface area (Å²) in [5.41, 5.74) is 22.0. The van der Waals surface area contributed by atoms with Gasteiger partial charge in [-0.1, -0.05) is 6.07 Å². The minimum Gasteiger partial charge on any atom is -0.432 e. The number of nitrogen functional groups attached to an aromatic ring is 3. The topological polar surface area (TPSA) is 129 Å². The zero-order chi connectivity index (χ0) is 16.7. The van der Waals surface area contributed by atoms with Crippen LogP contribution < -0.4 is 17.2 Å². The van der Waals surface area contributed by atoms with Gasteiger partial charge in [0.15, 0.2) is 0 Å². The Labute approximate surface area is 139 Å². The van der Waals surface area contributed by atoms with Crippen molar-refractivity contribution in [3.05, 3.63) is 29.7 Å². The average Bonchev–Trinajstić information content (AvgIpc) is 3.05. The Bertz CT molecular complexity index is 794. The van der Waals surface area contributed by atoms with E-state index in [0.29, 0.717) is 29.2 Å². The standard InChI is InChI=1S/C16H20N6O2/c17-10-2-1-9-13(22-3-5-23-6-4-22)7-11(20-15(9)14(10)18)12-8-24-16(19)21-12/h1-2,8,13H,3-7,17-18H2,(H2,19,21). The molecular weight excluding hydrogens is 308 g/mol. The molecule has 1 unspecified atom stereocenters. The lowest BCUT2D eigenvalue weighted by atomic mass is 9.92. The zero-order valence-corrected chi connectivity index (χ0v) is 13.2. The molecule has 2 aliphatic heterocycles. The summed E-state index contributed by atoms with van der Waals surface area (Å²) in [5, 5.41) is 0. The maximum Gasteiger partial charge on any atom is 0.292 e. The Balaban J connectivity index is 1.80. The number of nitrogens with zero attached hydrogens (tertiary/aromatic N) is 3. The van der Waals surface area contributed by atoms with Crippen molar-refractivity contribution in [2.24, 2.45) is 4.99 Å². The van der Waals surface area contributed by atoms with E-state index in [1.807, 2.05) is 12.1 Å². The Kier molecular flexibility index (Phi) is 3.62. The fourth-order valence-corrected chi connectivity index (χ4v) is 3.30. The molecule has 0 saturated carbocycles. The van der Waals surface area contributed by atoms with E-state index in [1.165, 1.54) is 6.26 Å². The highest BCUT2D eigenvalue weighted by Crippen LogP contribution is 2.43. The highest BCUT2D eigenvalue weighted by molar-refractivity contribution is 6.04. The summed E-state index contributed by atoms with van der Waals surface area (Å²) in [7, 11) is 0. The van der Waals surface area contributed by atoms with E-state index in [1.54, 1.807) is 0 Å². The van der Waals surface area contributed by atoms with Crippen LogP contribution in [0, 0.1) is 0 Å². The normalized spacial score (nSPS) is 21.3. The molecule has 2 aliphatic rings. The van der Waals surface area contributed by atoms with Gasteiger partial charge in [0, 0.05) is 25.6 Å². The van der Waals surface area contributed by atoms with Crippen LogP contribution in [-0.4, -0.2) is 41.9 Å². The largest absolute Gasteiger partial charge is 0.432 e. The van der Waals surface area contributed by atoms with Crippen LogP contribution in [0.2, 0.25) is 0 Å². The van der Waals surface area contributed by atoms with E-state index in [-0.39, 0.29) is 12.1 Å². The summed E-state index contributed by atoms with van der Waals surface area (Å²) in [6.07, 6.45) is 2.24. The number of rotatable bonds is 2. The van der Waals surface area contributed by atoms with Gasteiger partial charge in [-0.25, -0.2) is 4.99 Å². The van der Waals surface area contributed by atoms with Crippen LogP contribution in [0.3, 0.4) is 0 Å². The van der Waals surface area contributed by atoms with Gasteiger partial charge in [0.2, 0.25) is 0 Å². The zero-order valence-electron chi connectivity index (χ0n) is 13.2. The van der Waals surface area contributed by atoms with Crippen LogP contribution in [0.15, 0.2) is 27.8 Å². The first-order valence-electron chi connectivity index (χ1n) is 7.92. The maximum atomic E-state index is 6.20. The predicted molar refractivity (Wildman–Crippen MR) is 92.1 cm³/mol. The number of aromatic nitrogens is 1. The quantitative estimate of drug-likeness (QED) is 0.709. The highest BCUT2D eigenvalue weighted by atomic mass is 16.5. The highest BCUT2D eigenvalue weighted by Gasteiger charge is 2.31. The first kappa shape index (κ1) is 15.0. The average molecular weight is 328 g/mol. The number of benzene rings is 1. The summed E-state index contributed by atoms with van der Waals surface area (Å²) >= 11 is 0. The van der Waals surface area contributed by atoms with Crippen molar-refractivity contribution in [3.8, 4) is 0 Å². The summed E-state index contributed by atoms with van der Waals surface area (Å²) in [4.78, 5) is 11.3. The van der Waals surface area contributed by atoms with E-state index in [4.69, 9.17) is 31.3 Å². The fourth-order valence-electron chi connectivity index (χ4n) is 3.30. The van der Waals surface area contributed by atoms with Crippen molar-refractivity contribution in [1.82, 2.24) is 9.88 Å². The lowest BCUT2D eigenvalue weighted by Gasteiger charge is -2.37. The van der Waals surface area contributed by atoms with E-state index in [0.717, 1.165) is 37.6 Å². The van der Waals surface area contributed by atoms with Gasteiger partial charge in [-0.3, -0.25) is 4.90 Å². The number of fused-ring (bicyclic) bond motifs is 1. The van der Waals surface area contributed by atoms with E-state index in [9.17, 15) is 0 Å². The van der Waals surface area contributed by atoms with Gasteiger partial charge in [0.05, 0.1) is 36.0 Å². The van der Waals surface area contributed by atoms with Crippen LogP contribution >= 0.6 is 0 Å². The molecule has 0 bridgehead atoms. The second-order valence-corrected chi connectivity index (χ2v) is 6.00. The van der Waals surface area contributed by atoms with Gasteiger partial charge in [-0.2, -0.15) is 4.98 Å². The Morgan fingerprint density at radius 1 is 1.12 bits per heavy atom.